The molecule has 2 rings (SSSR count). The van der Waals surface area contributed by atoms with Crippen LogP contribution in [0.2, 0.25) is 0 Å². The summed E-state index contributed by atoms with van der Waals surface area (Å²) in [6.45, 7) is 10.1. The molecule has 0 aliphatic carbocycles. The molecular weight excluding hydrogens is 208 g/mol. The number of hydrogen-bond donors (Lipinski definition) is 0. The monoisotopic (exact) mass is 230 g/mol. The molecule has 0 N–H and O–H groups in total. The second kappa shape index (κ2) is 5.50. The van der Waals surface area contributed by atoms with Crippen LogP contribution < -0.4 is 0 Å². The topological polar surface area (TPSA) is 9.23 Å². The van der Waals surface area contributed by atoms with Crippen molar-refractivity contribution in [2.24, 2.45) is 0 Å². The van der Waals surface area contributed by atoms with E-state index in [-0.39, 0.29) is 0 Å². The van der Waals surface area contributed by atoms with Crippen molar-refractivity contribution in [2.45, 2.75) is 39.0 Å². The third-order valence-electron chi connectivity index (χ3n) is 3.63. The minimum atomic E-state index is 0.676. The molecule has 0 amide bonds. The van der Waals surface area contributed by atoms with Gasteiger partial charge in [0.1, 0.15) is 0 Å². The first kappa shape index (κ1) is 12.4. The molecule has 17 heavy (non-hydrogen) atoms. The van der Waals surface area contributed by atoms with Crippen LogP contribution in [0.25, 0.3) is 5.57 Å². The molecule has 0 bridgehead atoms. The van der Waals surface area contributed by atoms with E-state index < -0.39 is 0 Å². The molecule has 1 heterocycles. The van der Waals surface area contributed by atoms with Crippen LogP contribution in [-0.2, 0) is 4.74 Å². The van der Waals surface area contributed by atoms with Gasteiger partial charge < -0.3 is 4.74 Å². The maximum Gasteiger partial charge on any atom is 0.0471 e. The third-order valence-corrected chi connectivity index (χ3v) is 3.63. The molecule has 1 aliphatic rings. The van der Waals surface area contributed by atoms with Crippen molar-refractivity contribution in [3.05, 3.63) is 41.5 Å². The fraction of sp³-hybridized carbons (Fsp3) is 0.500. The quantitative estimate of drug-likeness (QED) is 0.735. The van der Waals surface area contributed by atoms with Crippen LogP contribution in [0.4, 0.5) is 0 Å². The average Bonchev–Trinajstić information content (AvgIpc) is 2.56. The Morgan fingerprint density at radius 3 is 2.82 bits per heavy atom. The van der Waals surface area contributed by atoms with Gasteiger partial charge in [-0.3, -0.25) is 0 Å². The van der Waals surface area contributed by atoms with Crippen molar-refractivity contribution in [1.29, 1.82) is 0 Å². The predicted molar refractivity (Wildman–Crippen MR) is 73.3 cm³/mol. The standard InChI is InChI=1S/C16H22O/c1-12(2)16-7-6-15(11-13(16)3)14-5-4-9-17-10-8-14/h6-7,11,14H,1,4-5,8-10H2,2-3H3. The summed E-state index contributed by atoms with van der Waals surface area (Å²) in [6, 6.07) is 6.83. The van der Waals surface area contributed by atoms with Crippen LogP contribution in [0, 0.1) is 6.92 Å². The molecule has 0 radical (unpaired) electrons. The maximum absolute atomic E-state index is 5.52. The highest BCUT2D eigenvalue weighted by Crippen LogP contribution is 2.29. The van der Waals surface area contributed by atoms with Gasteiger partial charge in [0.05, 0.1) is 0 Å². The Kier molecular flexibility index (Phi) is 4.01. The van der Waals surface area contributed by atoms with Gasteiger partial charge in [0.2, 0.25) is 0 Å². The van der Waals surface area contributed by atoms with Gasteiger partial charge in [0.15, 0.2) is 0 Å². The van der Waals surface area contributed by atoms with Crippen molar-refractivity contribution in [3.8, 4) is 0 Å². The molecular formula is C16H22O. The maximum atomic E-state index is 5.52. The summed E-state index contributed by atoms with van der Waals surface area (Å²) in [5.41, 5.74) is 5.26. The number of rotatable bonds is 2. The minimum absolute atomic E-state index is 0.676. The first-order chi connectivity index (χ1) is 8.18. The molecule has 1 heteroatoms. The Morgan fingerprint density at radius 1 is 1.29 bits per heavy atom. The lowest BCUT2D eigenvalue weighted by atomic mass is 9.89. The molecule has 92 valence electrons. The molecule has 1 atom stereocenters. The van der Waals surface area contributed by atoms with Gasteiger partial charge in [-0.25, -0.2) is 0 Å². The van der Waals surface area contributed by atoms with Crippen LogP contribution in [0.3, 0.4) is 0 Å². The van der Waals surface area contributed by atoms with Crippen molar-refractivity contribution in [3.63, 3.8) is 0 Å². The lowest BCUT2D eigenvalue weighted by molar-refractivity contribution is 0.143. The SMILES string of the molecule is C=C(C)c1ccc(C2CCCOCC2)cc1C. The number of ether oxygens (including phenoxy) is 1. The fourth-order valence-corrected chi connectivity index (χ4v) is 2.66. The molecule has 1 aromatic rings. The fourth-order valence-electron chi connectivity index (χ4n) is 2.66. The van der Waals surface area contributed by atoms with E-state index in [9.17, 15) is 0 Å². The normalized spacial score (nSPS) is 20.9. The summed E-state index contributed by atoms with van der Waals surface area (Å²) < 4.78 is 5.52. The van der Waals surface area contributed by atoms with E-state index in [2.05, 4.69) is 38.6 Å². The highest BCUT2D eigenvalue weighted by Gasteiger charge is 2.15. The molecule has 1 fully saturated rings. The zero-order valence-corrected chi connectivity index (χ0v) is 11.0. The number of aryl methyl sites for hydroxylation is 1. The smallest absolute Gasteiger partial charge is 0.0471 e. The second-order valence-corrected chi connectivity index (χ2v) is 5.09. The van der Waals surface area contributed by atoms with E-state index in [1.165, 1.54) is 29.5 Å². The molecule has 1 saturated heterocycles. The predicted octanol–water partition coefficient (Wildman–Crippen LogP) is 4.31. The third kappa shape index (κ3) is 2.98. The molecule has 0 aromatic heterocycles. The Balaban J connectivity index is 2.21. The van der Waals surface area contributed by atoms with Crippen molar-refractivity contribution < 1.29 is 4.74 Å². The van der Waals surface area contributed by atoms with Crippen LogP contribution in [0.15, 0.2) is 24.8 Å². The van der Waals surface area contributed by atoms with Gasteiger partial charge in [0.25, 0.3) is 0 Å². The Hall–Kier alpha value is -1.08. The van der Waals surface area contributed by atoms with E-state index in [0.29, 0.717) is 5.92 Å². The summed E-state index contributed by atoms with van der Waals surface area (Å²) in [5, 5.41) is 0. The van der Waals surface area contributed by atoms with Crippen LogP contribution in [-0.4, -0.2) is 13.2 Å². The van der Waals surface area contributed by atoms with Crippen LogP contribution in [0.5, 0.6) is 0 Å². The van der Waals surface area contributed by atoms with Crippen molar-refractivity contribution in [1.82, 2.24) is 0 Å². The van der Waals surface area contributed by atoms with Gasteiger partial charge >= 0.3 is 0 Å². The molecule has 1 nitrogen and oxygen atoms in total. The van der Waals surface area contributed by atoms with Gasteiger partial charge in [0, 0.05) is 13.2 Å². The minimum Gasteiger partial charge on any atom is -0.381 e. The average molecular weight is 230 g/mol. The first-order valence-electron chi connectivity index (χ1n) is 6.52. The van der Waals surface area contributed by atoms with E-state index in [1.807, 2.05) is 0 Å². The largest absolute Gasteiger partial charge is 0.381 e. The Labute approximate surface area is 104 Å². The summed E-state index contributed by atoms with van der Waals surface area (Å²) in [5.74, 6) is 0.676. The molecule has 0 saturated carbocycles. The van der Waals surface area contributed by atoms with E-state index in [0.717, 1.165) is 25.2 Å². The van der Waals surface area contributed by atoms with Gasteiger partial charge in [-0.1, -0.05) is 30.4 Å². The Morgan fingerprint density at radius 2 is 2.12 bits per heavy atom. The zero-order valence-electron chi connectivity index (χ0n) is 11.0. The number of benzene rings is 1. The van der Waals surface area contributed by atoms with Crippen molar-refractivity contribution in [2.75, 3.05) is 13.2 Å². The highest BCUT2D eigenvalue weighted by molar-refractivity contribution is 5.64. The molecule has 1 unspecified atom stereocenters. The Bertz CT molecular complexity index is 398. The van der Waals surface area contributed by atoms with Crippen LogP contribution >= 0.6 is 0 Å². The van der Waals surface area contributed by atoms with E-state index >= 15 is 0 Å². The first-order valence-corrected chi connectivity index (χ1v) is 6.52. The zero-order chi connectivity index (χ0) is 12.3. The van der Waals surface area contributed by atoms with E-state index in [1.54, 1.807) is 0 Å². The summed E-state index contributed by atoms with van der Waals surface area (Å²) in [6.07, 6.45) is 3.60. The number of allylic oxidation sites excluding steroid dienone is 1. The van der Waals surface area contributed by atoms with Gasteiger partial charge in [-0.15, -0.1) is 0 Å². The van der Waals surface area contributed by atoms with Gasteiger partial charge in [-0.05, 0) is 55.7 Å². The lowest BCUT2D eigenvalue weighted by Gasteiger charge is -2.16. The van der Waals surface area contributed by atoms with Crippen LogP contribution in [0.1, 0.15) is 48.8 Å². The van der Waals surface area contributed by atoms with E-state index in [4.69, 9.17) is 4.74 Å². The lowest BCUT2D eigenvalue weighted by Crippen LogP contribution is -2.00. The summed E-state index contributed by atoms with van der Waals surface area (Å²) >= 11 is 0. The van der Waals surface area contributed by atoms with Crippen molar-refractivity contribution >= 4 is 5.57 Å². The highest BCUT2D eigenvalue weighted by atomic mass is 16.5. The van der Waals surface area contributed by atoms with Gasteiger partial charge in [-0.2, -0.15) is 0 Å². The number of hydrogen-bond acceptors (Lipinski definition) is 1. The summed E-state index contributed by atoms with van der Waals surface area (Å²) in [4.78, 5) is 0. The molecule has 1 aromatic carbocycles. The molecule has 1 aliphatic heterocycles. The molecule has 0 spiro atoms. The second-order valence-electron chi connectivity index (χ2n) is 5.09. The summed E-state index contributed by atoms with van der Waals surface area (Å²) in [7, 11) is 0.